The summed E-state index contributed by atoms with van der Waals surface area (Å²) in [6, 6.07) is 14.5. The van der Waals surface area contributed by atoms with Gasteiger partial charge in [0.1, 0.15) is 5.69 Å². The molecule has 8 heteroatoms. The molecule has 0 bridgehead atoms. The number of carbonyl (C=O) groups excluding carboxylic acids is 2. The maximum Gasteiger partial charge on any atom is 0.261 e. The maximum atomic E-state index is 13.5. The Labute approximate surface area is 241 Å². The van der Waals surface area contributed by atoms with Crippen LogP contribution in [0.25, 0.3) is 33.0 Å². The highest BCUT2D eigenvalue weighted by Gasteiger charge is 2.36. The molecule has 41 heavy (non-hydrogen) atoms. The molecule has 1 aliphatic rings. The smallest absolute Gasteiger partial charge is 0.261 e. The molecule has 2 aromatic heterocycles. The third-order valence-corrected chi connectivity index (χ3v) is 7.72. The molecule has 8 nitrogen and oxygen atoms in total. The number of benzene rings is 2. The van der Waals surface area contributed by atoms with Crippen molar-refractivity contribution in [2.75, 3.05) is 27.7 Å². The van der Waals surface area contributed by atoms with Crippen molar-refractivity contribution < 1.29 is 9.59 Å². The van der Waals surface area contributed by atoms with Crippen molar-refractivity contribution in [2.45, 2.75) is 52.1 Å². The number of imide groups is 1. The van der Waals surface area contributed by atoms with E-state index in [2.05, 4.69) is 78.4 Å². The van der Waals surface area contributed by atoms with Crippen LogP contribution < -0.4 is 10.6 Å². The molecule has 0 aliphatic carbocycles. The van der Waals surface area contributed by atoms with Crippen molar-refractivity contribution >= 4 is 44.8 Å². The lowest BCUT2D eigenvalue weighted by atomic mass is 9.97. The molecule has 0 fully saturated rings. The Hall–Kier alpha value is -4.17. The third kappa shape index (κ3) is 5.57. The predicted octanol–water partition coefficient (Wildman–Crippen LogP) is 5.15. The molecule has 2 N–H and O–H groups in total. The van der Waals surface area contributed by atoms with E-state index in [0.29, 0.717) is 16.8 Å². The molecule has 0 spiro atoms. The van der Waals surface area contributed by atoms with E-state index in [1.54, 1.807) is 0 Å². The van der Waals surface area contributed by atoms with E-state index < -0.39 is 5.91 Å². The van der Waals surface area contributed by atoms with Crippen molar-refractivity contribution in [1.82, 2.24) is 29.9 Å². The predicted molar refractivity (Wildman–Crippen MR) is 166 cm³/mol. The second kappa shape index (κ2) is 12.1. The largest absolute Gasteiger partial charge is 0.394 e. The fraction of sp³-hybridized carbons (Fsp3) is 0.364. The van der Waals surface area contributed by atoms with Crippen LogP contribution in [0.15, 0.2) is 60.9 Å². The summed E-state index contributed by atoms with van der Waals surface area (Å²) in [6.07, 6.45) is 9.77. The SMILES string of the molecule is CCCc1ccc2c(C3=C(c4cn(CCCN(C)C)c5ccccc45)C(=O)NC3=O)nn(C(C)C/C=C\NC)c2c1. The van der Waals surface area contributed by atoms with Crippen molar-refractivity contribution in [3.05, 3.63) is 77.8 Å². The van der Waals surface area contributed by atoms with E-state index in [0.717, 1.165) is 66.1 Å². The van der Waals surface area contributed by atoms with Gasteiger partial charge in [-0.05, 0) is 70.7 Å². The number of carbonyl (C=O) groups is 2. The summed E-state index contributed by atoms with van der Waals surface area (Å²) in [7, 11) is 6.01. The van der Waals surface area contributed by atoms with Crippen LogP contribution in [0.4, 0.5) is 0 Å². The van der Waals surface area contributed by atoms with Gasteiger partial charge in [-0.1, -0.05) is 49.8 Å². The Bertz CT molecular complexity index is 1650. The Morgan fingerprint density at radius 2 is 1.83 bits per heavy atom. The molecule has 0 saturated heterocycles. The monoisotopic (exact) mass is 552 g/mol. The third-order valence-electron chi connectivity index (χ3n) is 7.72. The average molecular weight is 553 g/mol. The van der Waals surface area contributed by atoms with Gasteiger partial charge in [-0.25, -0.2) is 0 Å². The van der Waals surface area contributed by atoms with Crippen molar-refractivity contribution in [1.29, 1.82) is 0 Å². The first-order valence-electron chi connectivity index (χ1n) is 14.5. The number of aryl methyl sites for hydroxylation is 2. The molecule has 1 aliphatic heterocycles. The molecule has 0 saturated carbocycles. The van der Waals surface area contributed by atoms with Crippen molar-refractivity contribution in [2.24, 2.45) is 0 Å². The molecule has 5 rings (SSSR count). The van der Waals surface area contributed by atoms with Gasteiger partial charge in [-0.2, -0.15) is 5.10 Å². The summed E-state index contributed by atoms with van der Waals surface area (Å²) in [5.74, 6) is -0.780. The van der Waals surface area contributed by atoms with Crippen molar-refractivity contribution in [3.63, 3.8) is 0 Å². The highest BCUT2D eigenvalue weighted by atomic mass is 16.2. The molecule has 2 aromatic carbocycles. The first-order valence-corrected chi connectivity index (χ1v) is 14.5. The second-order valence-corrected chi connectivity index (χ2v) is 11.1. The fourth-order valence-corrected chi connectivity index (χ4v) is 5.76. The Morgan fingerprint density at radius 3 is 2.59 bits per heavy atom. The lowest BCUT2D eigenvalue weighted by Crippen LogP contribution is -2.23. The first kappa shape index (κ1) is 28.4. The quantitative estimate of drug-likeness (QED) is 0.238. The Morgan fingerprint density at radius 1 is 1.05 bits per heavy atom. The van der Waals surface area contributed by atoms with Crippen molar-refractivity contribution in [3.8, 4) is 0 Å². The van der Waals surface area contributed by atoms with Crippen LogP contribution in [0, 0.1) is 0 Å². The number of para-hydroxylation sites is 1. The molecule has 1 atom stereocenters. The fourth-order valence-electron chi connectivity index (χ4n) is 5.76. The molecule has 214 valence electrons. The molecule has 3 heterocycles. The minimum absolute atomic E-state index is 0.0514. The summed E-state index contributed by atoms with van der Waals surface area (Å²) in [4.78, 5) is 29.1. The number of allylic oxidation sites excluding steroid dienone is 1. The number of rotatable bonds is 12. The number of nitrogens with one attached hydrogen (secondary N) is 2. The number of hydrogen-bond donors (Lipinski definition) is 2. The maximum absolute atomic E-state index is 13.5. The van der Waals surface area contributed by atoms with E-state index >= 15 is 0 Å². The summed E-state index contributed by atoms with van der Waals surface area (Å²) in [5.41, 5.74) is 5.30. The molecule has 0 radical (unpaired) electrons. The van der Waals surface area contributed by atoms with Crippen LogP contribution in [0.2, 0.25) is 0 Å². The van der Waals surface area contributed by atoms with Gasteiger partial charge in [0, 0.05) is 41.6 Å². The minimum Gasteiger partial charge on any atom is -0.394 e. The average Bonchev–Trinajstić information content (AvgIpc) is 3.59. The number of amides is 2. The van der Waals surface area contributed by atoms with Gasteiger partial charge < -0.3 is 14.8 Å². The lowest BCUT2D eigenvalue weighted by Gasteiger charge is -2.12. The van der Waals surface area contributed by atoms with E-state index in [9.17, 15) is 9.59 Å². The van der Waals surface area contributed by atoms with Gasteiger partial charge in [0.25, 0.3) is 11.8 Å². The Balaban J connectivity index is 1.70. The van der Waals surface area contributed by atoms with Crippen LogP contribution in [0.3, 0.4) is 0 Å². The van der Waals surface area contributed by atoms with Gasteiger partial charge in [0.15, 0.2) is 0 Å². The zero-order chi connectivity index (χ0) is 29.1. The first-order chi connectivity index (χ1) is 19.8. The number of aromatic nitrogens is 3. The molecule has 1 unspecified atom stereocenters. The lowest BCUT2D eigenvalue weighted by molar-refractivity contribution is -0.122. The molecular weight excluding hydrogens is 512 g/mol. The van der Waals surface area contributed by atoms with Crippen LogP contribution in [-0.4, -0.2) is 58.7 Å². The number of hydrogen-bond acceptors (Lipinski definition) is 5. The number of nitrogens with zero attached hydrogens (tertiary/aromatic N) is 4. The molecular formula is C33H40N6O2. The zero-order valence-corrected chi connectivity index (χ0v) is 24.7. The highest BCUT2D eigenvalue weighted by Crippen LogP contribution is 2.39. The summed E-state index contributed by atoms with van der Waals surface area (Å²) >= 11 is 0. The van der Waals surface area contributed by atoms with Crippen LogP contribution >= 0.6 is 0 Å². The Kier molecular flexibility index (Phi) is 8.40. The topological polar surface area (TPSA) is 84.2 Å². The number of fused-ring (bicyclic) bond motifs is 2. The standard InChI is InChI=1S/C33H40N6O2/c1-6-11-23-15-16-25-28(20-23)39(22(2)12-9-17-34-3)36-31(25)30-29(32(40)35-33(30)41)26-21-38(19-10-18-37(4)5)27-14-8-7-13-24(26)27/h7-9,13-17,20-22,34H,6,10-12,18-19H2,1-5H3,(H,35,40,41)/b17-9-. The summed E-state index contributed by atoms with van der Waals surface area (Å²) < 4.78 is 4.20. The van der Waals surface area contributed by atoms with E-state index in [1.807, 2.05) is 42.3 Å². The van der Waals surface area contributed by atoms with E-state index in [-0.39, 0.29) is 11.9 Å². The van der Waals surface area contributed by atoms with Gasteiger partial charge in [-0.3, -0.25) is 19.6 Å². The van der Waals surface area contributed by atoms with E-state index in [4.69, 9.17) is 5.10 Å². The second-order valence-electron chi connectivity index (χ2n) is 11.1. The highest BCUT2D eigenvalue weighted by molar-refractivity contribution is 6.50. The van der Waals surface area contributed by atoms with Gasteiger partial charge in [-0.15, -0.1) is 0 Å². The van der Waals surface area contributed by atoms with Gasteiger partial charge >= 0.3 is 0 Å². The van der Waals surface area contributed by atoms with Crippen LogP contribution in [0.5, 0.6) is 0 Å². The van der Waals surface area contributed by atoms with Crippen LogP contribution in [0.1, 0.15) is 56.0 Å². The summed E-state index contributed by atoms with van der Waals surface area (Å²) in [6.45, 7) is 6.06. The van der Waals surface area contributed by atoms with E-state index in [1.165, 1.54) is 5.56 Å². The molecule has 2 amide bonds. The van der Waals surface area contributed by atoms with Gasteiger partial charge in [0.2, 0.25) is 0 Å². The van der Waals surface area contributed by atoms with Crippen LogP contribution in [-0.2, 0) is 22.6 Å². The minimum atomic E-state index is -0.402. The van der Waals surface area contributed by atoms with Gasteiger partial charge in [0.05, 0.1) is 22.7 Å². The molecule has 4 aromatic rings. The normalized spacial score (nSPS) is 14.8. The summed E-state index contributed by atoms with van der Waals surface area (Å²) in [5, 5.41) is 12.5. The zero-order valence-electron chi connectivity index (χ0n) is 24.7.